The van der Waals surface area contributed by atoms with Gasteiger partial charge < -0.3 is 4.42 Å². The van der Waals surface area contributed by atoms with Crippen LogP contribution < -0.4 is 0 Å². The first kappa shape index (κ1) is 7.66. The number of hydrogen-bond acceptors (Lipinski definition) is 3. The van der Waals surface area contributed by atoms with Gasteiger partial charge in [0.1, 0.15) is 10.8 Å². The SMILES string of the molecule is CSc1ncoc1C(C)C. The van der Waals surface area contributed by atoms with Crippen molar-refractivity contribution in [1.82, 2.24) is 4.98 Å². The number of thioether (sulfide) groups is 1. The largest absolute Gasteiger partial charge is 0.447 e. The summed E-state index contributed by atoms with van der Waals surface area (Å²) in [5.74, 6) is 1.43. The van der Waals surface area contributed by atoms with E-state index in [1.165, 1.54) is 6.39 Å². The maximum absolute atomic E-state index is 5.18. The summed E-state index contributed by atoms with van der Waals surface area (Å²) < 4.78 is 5.18. The summed E-state index contributed by atoms with van der Waals surface area (Å²) in [6, 6.07) is 0. The molecule has 0 aromatic carbocycles. The Morgan fingerprint density at radius 1 is 1.60 bits per heavy atom. The average Bonchev–Trinajstić information content (AvgIpc) is 2.33. The monoisotopic (exact) mass is 157 g/mol. The normalized spacial score (nSPS) is 10.8. The molecule has 3 heteroatoms. The number of nitrogens with zero attached hydrogens (tertiary/aromatic N) is 1. The second-order valence-electron chi connectivity index (χ2n) is 2.38. The number of hydrogen-bond donors (Lipinski definition) is 0. The van der Waals surface area contributed by atoms with Gasteiger partial charge in [-0.25, -0.2) is 4.98 Å². The molecule has 1 aromatic heterocycles. The lowest BCUT2D eigenvalue weighted by Gasteiger charge is -1.99. The molecule has 0 N–H and O–H groups in total. The number of oxazole rings is 1. The minimum atomic E-state index is 0.435. The molecule has 0 saturated carbocycles. The van der Waals surface area contributed by atoms with Crippen LogP contribution in [0.3, 0.4) is 0 Å². The number of rotatable bonds is 2. The fourth-order valence-electron chi connectivity index (χ4n) is 0.781. The van der Waals surface area contributed by atoms with Gasteiger partial charge in [-0.05, 0) is 6.26 Å². The van der Waals surface area contributed by atoms with Crippen LogP contribution in [0.15, 0.2) is 15.8 Å². The Bertz CT molecular complexity index is 207. The van der Waals surface area contributed by atoms with Gasteiger partial charge in [0.05, 0.1) is 0 Å². The van der Waals surface area contributed by atoms with Crippen LogP contribution in [0.2, 0.25) is 0 Å². The van der Waals surface area contributed by atoms with E-state index in [1.807, 2.05) is 6.26 Å². The lowest BCUT2D eigenvalue weighted by atomic mass is 10.2. The fourth-order valence-corrected chi connectivity index (χ4v) is 1.41. The lowest BCUT2D eigenvalue weighted by molar-refractivity contribution is 0.475. The molecule has 1 rings (SSSR count). The second-order valence-corrected chi connectivity index (χ2v) is 3.18. The van der Waals surface area contributed by atoms with E-state index in [9.17, 15) is 0 Å². The highest BCUT2D eigenvalue weighted by atomic mass is 32.2. The maximum Gasteiger partial charge on any atom is 0.182 e. The molecule has 0 amide bonds. The molecule has 1 heterocycles. The van der Waals surface area contributed by atoms with Crippen LogP contribution in [0.25, 0.3) is 0 Å². The van der Waals surface area contributed by atoms with Crippen molar-refractivity contribution >= 4 is 11.8 Å². The van der Waals surface area contributed by atoms with Gasteiger partial charge in [0, 0.05) is 5.92 Å². The van der Waals surface area contributed by atoms with Gasteiger partial charge in [-0.3, -0.25) is 0 Å². The zero-order valence-corrected chi connectivity index (χ0v) is 7.23. The summed E-state index contributed by atoms with van der Waals surface area (Å²) in [5.41, 5.74) is 0. The first-order valence-corrected chi connectivity index (χ1v) is 4.45. The van der Waals surface area contributed by atoms with E-state index in [2.05, 4.69) is 18.8 Å². The molecule has 2 nitrogen and oxygen atoms in total. The molecular weight excluding hydrogens is 146 g/mol. The predicted molar refractivity (Wildman–Crippen MR) is 42.4 cm³/mol. The Kier molecular flexibility index (Phi) is 2.38. The molecule has 0 bridgehead atoms. The maximum atomic E-state index is 5.18. The standard InChI is InChI=1S/C7H11NOS/c1-5(2)6-7(10-3)8-4-9-6/h4-5H,1-3H3. The number of aromatic nitrogens is 1. The minimum absolute atomic E-state index is 0.435. The zero-order valence-electron chi connectivity index (χ0n) is 6.42. The van der Waals surface area contributed by atoms with Crippen LogP contribution in [0.4, 0.5) is 0 Å². The van der Waals surface area contributed by atoms with E-state index >= 15 is 0 Å². The summed E-state index contributed by atoms with van der Waals surface area (Å²) in [6.45, 7) is 4.19. The topological polar surface area (TPSA) is 26.0 Å². The van der Waals surface area contributed by atoms with E-state index in [0.717, 1.165) is 10.8 Å². The highest BCUT2D eigenvalue weighted by Gasteiger charge is 2.09. The van der Waals surface area contributed by atoms with Crippen molar-refractivity contribution in [1.29, 1.82) is 0 Å². The van der Waals surface area contributed by atoms with Crippen molar-refractivity contribution in [3.05, 3.63) is 12.2 Å². The third-order valence-electron chi connectivity index (χ3n) is 1.28. The van der Waals surface area contributed by atoms with Gasteiger partial charge in [-0.1, -0.05) is 13.8 Å². The molecule has 0 radical (unpaired) electrons. The van der Waals surface area contributed by atoms with Crippen LogP contribution in [0, 0.1) is 0 Å². The third-order valence-corrected chi connectivity index (χ3v) is 1.97. The third kappa shape index (κ3) is 1.34. The Labute approximate surface area is 65.0 Å². The lowest BCUT2D eigenvalue weighted by Crippen LogP contribution is -1.85. The van der Waals surface area contributed by atoms with Gasteiger partial charge in [-0.15, -0.1) is 11.8 Å². The molecule has 0 unspecified atom stereocenters. The molecule has 10 heavy (non-hydrogen) atoms. The molecule has 0 aliphatic rings. The van der Waals surface area contributed by atoms with E-state index in [1.54, 1.807) is 11.8 Å². The van der Waals surface area contributed by atoms with Crippen LogP contribution in [0.1, 0.15) is 25.5 Å². The van der Waals surface area contributed by atoms with Crippen molar-refractivity contribution in [2.45, 2.75) is 24.8 Å². The fraction of sp³-hybridized carbons (Fsp3) is 0.571. The van der Waals surface area contributed by atoms with Crippen molar-refractivity contribution in [2.24, 2.45) is 0 Å². The van der Waals surface area contributed by atoms with Crippen molar-refractivity contribution in [3.63, 3.8) is 0 Å². The molecule has 0 fully saturated rings. The Morgan fingerprint density at radius 2 is 2.30 bits per heavy atom. The molecule has 0 aliphatic heterocycles. The van der Waals surface area contributed by atoms with Crippen LogP contribution in [0.5, 0.6) is 0 Å². The Hall–Kier alpha value is -0.440. The van der Waals surface area contributed by atoms with Gasteiger partial charge >= 0.3 is 0 Å². The van der Waals surface area contributed by atoms with E-state index in [0.29, 0.717) is 5.92 Å². The molecular formula is C7H11NOS. The molecule has 0 atom stereocenters. The quantitative estimate of drug-likeness (QED) is 0.617. The van der Waals surface area contributed by atoms with E-state index in [4.69, 9.17) is 4.42 Å². The molecule has 1 aromatic rings. The van der Waals surface area contributed by atoms with E-state index < -0.39 is 0 Å². The molecule has 56 valence electrons. The zero-order chi connectivity index (χ0) is 7.56. The van der Waals surface area contributed by atoms with Crippen molar-refractivity contribution < 1.29 is 4.42 Å². The smallest absolute Gasteiger partial charge is 0.182 e. The summed E-state index contributed by atoms with van der Waals surface area (Å²) in [4.78, 5) is 4.05. The first-order chi connectivity index (χ1) is 4.75. The van der Waals surface area contributed by atoms with E-state index in [-0.39, 0.29) is 0 Å². The minimum Gasteiger partial charge on any atom is -0.447 e. The van der Waals surface area contributed by atoms with Gasteiger partial charge in [0.2, 0.25) is 0 Å². The highest BCUT2D eigenvalue weighted by molar-refractivity contribution is 7.98. The summed E-state index contributed by atoms with van der Waals surface area (Å²) >= 11 is 1.63. The van der Waals surface area contributed by atoms with Gasteiger partial charge in [-0.2, -0.15) is 0 Å². The van der Waals surface area contributed by atoms with Gasteiger partial charge in [0.25, 0.3) is 0 Å². The molecule has 0 aliphatic carbocycles. The Morgan fingerprint density at radius 3 is 2.70 bits per heavy atom. The average molecular weight is 157 g/mol. The predicted octanol–water partition coefficient (Wildman–Crippen LogP) is 2.52. The summed E-state index contributed by atoms with van der Waals surface area (Å²) in [6.07, 6.45) is 3.50. The summed E-state index contributed by atoms with van der Waals surface area (Å²) in [7, 11) is 0. The summed E-state index contributed by atoms with van der Waals surface area (Å²) in [5, 5.41) is 1.01. The van der Waals surface area contributed by atoms with Crippen molar-refractivity contribution in [2.75, 3.05) is 6.26 Å². The van der Waals surface area contributed by atoms with Crippen LogP contribution >= 0.6 is 11.8 Å². The highest BCUT2D eigenvalue weighted by Crippen LogP contribution is 2.24. The second kappa shape index (κ2) is 3.10. The van der Waals surface area contributed by atoms with Gasteiger partial charge in [0.15, 0.2) is 6.39 Å². The molecule has 0 spiro atoms. The molecule has 0 saturated heterocycles. The van der Waals surface area contributed by atoms with Crippen molar-refractivity contribution in [3.8, 4) is 0 Å². The van der Waals surface area contributed by atoms with Crippen LogP contribution in [-0.4, -0.2) is 11.2 Å². The van der Waals surface area contributed by atoms with Crippen LogP contribution in [-0.2, 0) is 0 Å². The first-order valence-electron chi connectivity index (χ1n) is 3.23. The Balaban J connectivity index is 2.90.